The van der Waals surface area contributed by atoms with Crippen molar-refractivity contribution in [3.8, 4) is 0 Å². The van der Waals surface area contributed by atoms with Crippen LogP contribution in [0.1, 0.15) is 57.8 Å². The van der Waals surface area contributed by atoms with E-state index >= 15 is 0 Å². The minimum atomic E-state index is 0.356. The van der Waals surface area contributed by atoms with Gasteiger partial charge in [0.1, 0.15) is 0 Å². The molecule has 0 saturated heterocycles. The Hall–Kier alpha value is -0.0400. The molecule has 3 atom stereocenters. The molecule has 3 unspecified atom stereocenters. The lowest BCUT2D eigenvalue weighted by Gasteiger charge is -2.33. The third-order valence-corrected chi connectivity index (χ3v) is 5.58. The second kappa shape index (κ2) is 3.76. The molecular formula is C14H24O. The molecule has 3 saturated carbocycles. The van der Waals surface area contributed by atoms with Gasteiger partial charge in [-0.15, -0.1) is 0 Å². The van der Waals surface area contributed by atoms with Crippen molar-refractivity contribution in [1.82, 2.24) is 0 Å². The summed E-state index contributed by atoms with van der Waals surface area (Å²) in [5.74, 6) is 3.09. The van der Waals surface area contributed by atoms with E-state index in [0.717, 1.165) is 17.8 Å². The van der Waals surface area contributed by atoms with Crippen LogP contribution in [-0.4, -0.2) is 11.7 Å². The zero-order valence-electron chi connectivity index (χ0n) is 9.75. The van der Waals surface area contributed by atoms with E-state index in [1.807, 2.05) is 0 Å². The first-order chi connectivity index (χ1) is 7.31. The van der Waals surface area contributed by atoms with Gasteiger partial charge in [0.2, 0.25) is 0 Å². The highest BCUT2D eigenvalue weighted by molar-refractivity contribution is 4.95. The van der Waals surface area contributed by atoms with Crippen molar-refractivity contribution < 1.29 is 5.11 Å². The summed E-state index contributed by atoms with van der Waals surface area (Å²) in [5.41, 5.74) is 0.356. The van der Waals surface area contributed by atoms with Crippen LogP contribution < -0.4 is 0 Å². The summed E-state index contributed by atoms with van der Waals surface area (Å²) in [7, 11) is 0. The standard InChI is InChI=1S/C14H24O/c15-10-14(5-1-2-6-14)9-13-8-11-3-4-12(13)7-11/h11-13,15H,1-10H2. The fourth-order valence-electron chi connectivity index (χ4n) is 4.73. The van der Waals surface area contributed by atoms with Crippen molar-refractivity contribution in [2.24, 2.45) is 23.2 Å². The molecule has 3 rings (SSSR count). The highest BCUT2D eigenvalue weighted by atomic mass is 16.3. The van der Waals surface area contributed by atoms with Crippen LogP contribution in [0.5, 0.6) is 0 Å². The molecule has 1 N–H and O–H groups in total. The maximum absolute atomic E-state index is 9.65. The molecule has 0 spiro atoms. The van der Waals surface area contributed by atoms with Gasteiger partial charge in [-0.1, -0.05) is 19.3 Å². The molecule has 0 aromatic carbocycles. The third-order valence-electron chi connectivity index (χ3n) is 5.58. The monoisotopic (exact) mass is 208 g/mol. The minimum absolute atomic E-state index is 0.356. The number of hydrogen-bond acceptors (Lipinski definition) is 1. The Labute approximate surface area is 93.3 Å². The molecule has 0 aliphatic heterocycles. The van der Waals surface area contributed by atoms with Crippen LogP contribution in [0.3, 0.4) is 0 Å². The highest BCUT2D eigenvalue weighted by Gasteiger charge is 2.44. The molecule has 0 heterocycles. The number of aliphatic hydroxyl groups excluding tert-OH is 1. The van der Waals surface area contributed by atoms with E-state index in [9.17, 15) is 5.11 Å². The molecule has 0 aromatic rings. The first-order valence-electron chi connectivity index (χ1n) is 6.92. The maximum Gasteiger partial charge on any atom is 0.0487 e. The van der Waals surface area contributed by atoms with Crippen LogP contribution in [0.2, 0.25) is 0 Å². The number of fused-ring (bicyclic) bond motifs is 2. The molecule has 3 aliphatic rings. The van der Waals surface area contributed by atoms with E-state index in [1.54, 1.807) is 0 Å². The van der Waals surface area contributed by atoms with Gasteiger partial charge in [-0.2, -0.15) is 0 Å². The van der Waals surface area contributed by atoms with Gasteiger partial charge >= 0.3 is 0 Å². The second-order valence-corrected chi connectivity index (χ2v) is 6.50. The number of rotatable bonds is 3. The van der Waals surface area contributed by atoms with Gasteiger partial charge in [-0.25, -0.2) is 0 Å². The zero-order chi connectivity index (χ0) is 10.3. The molecule has 1 heteroatoms. The van der Waals surface area contributed by atoms with Crippen LogP contribution in [0.4, 0.5) is 0 Å². The minimum Gasteiger partial charge on any atom is -0.396 e. The summed E-state index contributed by atoms with van der Waals surface area (Å²) < 4.78 is 0. The van der Waals surface area contributed by atoms with Crippen LogP contribution in [-0.2, 0) is 0 Å². The van der Waals surface area contributed by atoms with Gasteiger partial charge in [0.15, 0.2) is 0 Å². The summed E-state index contributed by atoms with van der Waals surface area (Å²) in [5, 5.41) is 9.65. The van der Waals surface area contributed by atoms with Crippen molar-refractivity contribution in [3.63, 3.8) is 0 Å². The number of hydrogen-bond donors (Lipinski definition) is 1. The lowest BCUT2D eigenvalue weighted by Crippen LogP contribution is -2.27. The summed E-state index contributed by atoms with van der Waals surface area (Å²) in [6.45, 7) is 0.459. The SMILES string of the molecule is OCC1(CC2CC3CCC2C3)CCCC1. The third kappa shape index (κ3) is 1.73. The number of aliphatic hydroxyl groups is 1. The van der Waals surface area contributed by atoms with Gasteiger partial charge in [0.05, 0.1) is 0 Å². The molecule has 0 aromatic heterocycles. The molecule has 15 heavy (non-hydrogen) atoms. The Morgan fingerprint density at radius 1 is 1.07 bits per heavy atom. The lowest BCUT2D eigenvalue weighted by molar-refractivity contribution is 0.0872. The Bertz CT molecular complexity index is 229. The second-order valence-electron chi connectivity index (χ2n) is 6.50. The summed E-state index contributed by atoms with van der Waals surface area (Å²) >= 11 is 0. The first kappa shape index (κ1) is 10.1. The van der Waals surface area contributed by atoms with Crippen molar-refractivity contribution in [3.05, 3.63) is 0 Å². The van der Waals surface area contributed by atoms with Crippen molar-refractivity contribution in [2.45, 2.75) is 57.8 Å². The molecule has 3 aliphatic carbocycles. The van der Waals surface area contributed by atoms with E-state index in [2.05, 4.69) is 0 Å². The largest absolute Gasteiger partial charge is 0.396 e. The van der Waals surface area contributed by atoms with Crippen LogP contribution in [0.25, 0.3) is 0 Å². The predicted molar refractivity (Wildman–Crippen MR) is 61.5 cm³/mol. The van der Waals surface area contributed by atoms with Crippen LogP contribution in [0.15, 0.2) is 0 Å². The Morgan fingerprint density at radius 2 is 1.87 bits per heavy atom. The van der Waals surface area contributed by atoms with Gasteiger partial charge in [0.25, 0.3) is 0 Å². The maximum atomic E-state index is 9.65. The van der Waals surface area contributed by atoms with Crippen molar-refractivity contribution >= 4 is 0 Å². The Morgan fingerprint density at radius 3 is 2.40 bits per heavy atom. The Balaban J connectivity index is 1.64. The van der Waals surface area contributed by atoms with Gasteiger partial charge in [0, 0.05) is 6.61 Å². The fraction of sp³-hybridized carbons (Fsp3) is 1.00. The topological polar surface area (TPSA) is 20.2 Å². The van der Waals surface area contributed by atoms with E-state index in [0.29, 0.717) is 12.0 Å². The predicted octanol–water partition coefficient (Wildman–Crippen LogP) is 3.37. The van der Waals surface area contributed by atoms with Gasteiger partial charge < -0.3 is 5.11 Å². The van der Waals surface area contributed by atoms with Gasteiger partial charge in [-0.05, 0) is 61.7 Å². The van der Waals surface area contributed by atoms with Crippen LogP contribution >= 0.6 is 0 Å². The molecule has 0 amide bonds. The average molecular weight is 208 g/mol. The quantitative estimate of drug-likeness (QED) is 0.754. The normalized spacial score (nSPS) is 42.6. The zero-order valence-corrected chi connectivity index (χ0v) is 9.75. The van der Waals surface area contributed by atoms with E-state index in [1.165, 1.54) is 57.8 Å². The summed E-state index contributed by atoms with van der Waals surface area (Å²) in [6, 6.07) is 0. The molecule has 2 bridgehead atoms. The van der Waals surface area contributed by atoms with Crippen molar-refractivity contribution in [2.75, 3.05) is 6.61 Å². The van der Waals surface area contributed by atoms with E-state index < -0.39 is 0 Å². The smallest absolute Gasteiger partial charge is 0.0487 e. The molecular weight excluding hydrogens is 184 g/mol. The summed E-state index contributed by atoms with van der Waals surface area (Å²) in [4.78, 5) is 0. The highest BCUT2D eigenvalue weighted by Crippen LogP contribution is 2.54. The fourth-order valence-corrected chi connectivity index (χ4v) is 4.73. The molecule has 3 fully saturated rings. The van der Waals surface area contributed by atoms with E-state index in [-0.39, 0.29) is 0 Å². The van der Waals surface area contributed by atoms with Gasteiger partial charge in [-0.3, -0.25) is 0 Å². The Kier molecular flexibility index (Phi) is 2.54. The first-order valence-corrected chi connectivity index (χ1v) is 6.92. The molecule has 1 nitrogen and oxygen atoms in total. The molecule has 0 radical (unpaired) electrons. The lowest BCUT2D eigenvalue weighted by atomic mass is 9.73. The molecule has 86 valence electrons. The van der Waals surface area contributed by atoms with Crippen LogP contribution in [0, 0.1) is 23.2 Å². The van der Waals surface area contributed by atoms with Crippen molar-refractivity contribution in [1.29, 1.82) is 0 Å². The average Bonchev–Trinajstić information content (AvgIpc) is 2.93. The van der Waals surface area contributed by atoms with E-state index in [4.69, 9.17) is 0 Å². The summed E-state index contributed by atoms with van der Waals surface area (Å²) in [6.07, 6.45) is 12.7.